The van der Waals surface area contributed by atoms with Crippen LogP contribution in [-0.2, 0) is 14.4 Å². The molecule has 2 unspecified atom stereocenters. The zero-order valence-corrected chi connectivity index (χ0v) is 15.3. The van der Waals surface area contributed by atoms with Gasteiger partial charge in [-0.2, -0.15) is 5.11 Å². The predicted octanol–water partition coefficient (Wildman–Crippen LogP) is 1.77. The summed E-state index contributed by atoms with van der Waals surface area (Å²) in [7, 11) is 1.54. The lowest BCUT2D eigenvalue weighted by molar-refractivity contribution is -0.123. The van der Waals surface area contributed by atoms with Crippen molar-refractivity contribution >= 4 is 29.1 Å². The van der Waals surface area contributed by atoms with Crippen LogP contribution in [0, 0.1) is 5.82 Å². The second kappa shape index (κ2) is 7.30. The number of halogens is 1. The number of benzene rings is 2. The number of nitrogens with zero attached hydrogens (tertiary/aromatic N) is 4. The highest BCUT2D eigenvalue weighted by atomic mass is 19.1. The van der Waals surface area contributed by atoms with Crippen LogP contribution in [0.25, 0.3) is 0 Å². The van der Waals surface area contributed by atoms with Crippen molar-refractivity contribution < 1.29 is 23.5 Å². The minimum Gasteiger partial charge on any atom is -0.497 e. The standard InChI is InChI=1S/C19H16FN5O4/c1-29-14-8-4-12(5-9-14)21-15(26)10-24-17-16(22-23-24)18(27)25(19(17)28)13-6-2-11(20)3-7-13/h2-9,16-17H,10H2,1H3,(H,21,26). The van der Waals surface area contributed by atoms with Gasteiger partial charge in [-0.05, 0) is 48.5 Å². The number of rotatable bonds is 5. The quantitative estimate of drug-likeness (QED) is 0.775. The van der Waals surface area contributed by atoms with Crippen molar-refractivity contribution in [3.63, 3.8) is 0 Å². The SMILES string of the molecule is COc1ccc(NC(=O)CN2N=NC3C(=O)N(c4ccc(F)cc4)C(=O)C32)cc1. The Morgan fingerprint density at radius 1 is 1.10 bits per heavy atom. The Morgan fingerprint density at radius 3 is 2.45 bits per heavy atom. The zero-order valence-electron chi connectivity index (χ0n) is 15.3. The first-order valence-corrected chi connectivity index (χ1v) is 8.72. The monoisotopic (exact) mass is 397 g/mol. The second-order valence-corrected chi connectivity index (χ2v) is 6.46. The van der Waals surface area contributed by atoms with E-state index in [-0.39, 0.29) is 12.2 Å². The number of ether oxygens (including phenoxy) is 1. The van der Waals surface area contributed by atoms with Crippen LogP contribution in [0.15, 0.2) is 58.9 Å². The predicted molar refractivity (Wildman–Crippen MR) is 99.7 cm³/mol. The summed E-state index contributed by atoms with van der Waals surface area (Å²) in [5, 5.41) is 11.5. The van der Waals surface area contributed by atoms with E-state index >= 15 is 0 Å². The van der Waals surface area contributed by atoms with Crippen molar-refractivity contribution in [2.75, 3.05) is 23.9 Å². The number of imide groups is 1. The third-order valence-corrected chi connectivity index (χ3v) is 4.62. The Balaban J connectivity index is 1.45. The van der Waals surface area contributed by atoms with E-state index in [1.165, 1.54) is 24.3 Å². The molecular weight excluding hydrogens is 381 g/mol. The molecule has 2 aliphatic heterocycles. The van der Waals surface area contributed by atoms with E-state index in [1.807, 2.05) is 0 Å². The first-order chi connectivity index (χ1) is 14.0. The molecule has 2 aliphatic rings. The number of fused-ring (bicyclic) bond motifs is 1. The number of nitrogens with one attached hydrogen (secondary N) is 1. The normalized spacial score (nSPS) is 20.2. The number of amides is 3. The number of anilines is 2. The van der Waals surface area contributed by atoms with Gasteiger partial charge in [0.15, 0.2) is 12.1 Å². The van der Waals surface area contributed by atoms with E-state index in [0.717, 1.165) is 17.0 Å². The summed E-state index contributed by atoms with van der Waals surface area (Å²) in [5.74, 6) is -1.38. The van der Waals surface area contributed by atoms with Crippen molar-refractivity contribution in [1.82, 2.24) is 5.01 Å². The molecule has 0 radical (unpaired) electrons. The molecule has 148 valence electrons. The third-order valence-electron chi connectivity index (χ3n) is 4.62. The van der Waals surface area contributed by atoms with Crippen molar-refractivity contribution in [2.24, 2.45) is 10.3 Å². The van der Waals surface area contributed by atoms with Gasteiger partial charge in [-0.1, -0.05) is 5.22 Å². The van der Waals surface area contributed by atoms with Gasteiger partial charge >= 0.3 is 0 Å². The van der Waals surface area contributed by atoms with E-state index < -0.39 is 35.6 Å². The van der Waals surface area contributed by atoms with Crippen LogP contribution in [0.2, 0.25) is 0 Å². The molecule has 0 spiro atoms. The summed E-state index contributed by atoms with van der Waals surface area (Å²) < 4.78 is 18.2. The third kappa shape index (κ3) is 3.40. The number of carbonyl (C=O) groups excluding carboxylic acids is 3. The van der Waals surface area contributed by atoms with Gasteiger partial charge in [-0.15, -0.1) is 0 Å². The highest BCUT2D eigenvalue weighted by molar-refractivity contribution is 6.25. The van der Waals surface area contributed by atoms with E-state index in [4.69, 9.17) is 4.74 Å². The largest absolute Gasteiger partial charge is 0.497 e. The lowest BCUT2D eigenvalue weighted by Gasteiger charge is -2.20. The topological polar surface area (TPSA) is 104 Å². The molecule has 29 heavy (non-hydrogen) atoms. The molecule has 1 saturated heterocycles. The fraction of sp³-hybridized carbons (Fsp3) is 0.211. The van der Waals surface area contributed by atoms with Crippen molar-refractivity contribution in [2.45, 2.75) is 12.1 Å². The second-order valence-electron chi connectivity index (χ2n) is 6.46. The fourth-order valence-electron chi connectivity index (χ4n) is 3.22. The molecule has 0 aliphatic carbocycles. The lowest BCUT2D eigenvalue weighted by Crippen LogP contribution is -2.43. The summed E-state index contributed by atoms with van der Waals surface area (Å²) in [5.41, 5.74) is 0.791. The highest BCUT2D eigenvalue weighted by Gasteiger charge is 2.55. The molecule has 0 aromatic heterocycles. The molecule has 0 bridgehead atoms. The van der Waals surface area contributed by atoms with Gasteiger partial charge in [0.05, 0.1) is 12.8 Å². The first-order valence-electron chi connectivity index (χ1n) is 8.72. The Labute approximate surface area is 164 Å². The molecule has 3 amide bonds. The molecule has 10 heteroatoms. The van der Waals surface area contributed by atoms with E-state index in [2.05, 4.69) is 15.7 Å². The summed E-state index contributed by atoms with van der Waals surface area (Å²) >= 11 is 0. The molecule has 2 atom stereocenters. The Kier molecular flexibility index (Phi) is 4.67. The van der Waals surface area contributed by atoms with Gasteiger partial charge in [0.2, 0.25) is 5.91 Å². The van der Waals surface area contributed by atoms with Gasteiger partial charge in [0.25, 0.3) is 11.8 Å². The van der Waals surface area contributed by atoms with Crippen molar-refractivity contribution in [3.8, 4) is 5.75 Å². The van der Waals surface area contributed by atoms with Crippen LogP contribution in [-0.4, -0.2) is 48.5 Å². The molecule has 1 N–H and O–H groups in total. The van der Waals surface area contributed by atoms with E-state index in [0.29, 0.717) is 11.4 Å². The molecule has 0 saturated carbocycles. The molecule has 2 heterocycles. The minimum atomic E-state index is -1.03. The van der Waals surface area contributed by atoms with Crippen LogP contribution >= 0.6 is 0 Å². The average Bonchev–Trinajstić information content (AvgIpc) is 3.23. The van der Waals surface area contributed by atoms with Crippen LogP contribution in [0.3, 0.4) is 0 Å². The van der Waals surface area contributed by atoms with Gasteiger partial charge < -0.3 is 10.1 Å². The molecule has 2 aromatic carbocycles. The van der Waals surface area contributed by atoms with Gasteiger partial charge in [0.1, 0.15) is 18.1 Å². The Hall–Kier alpha value is -3.82. The molecule has 2 aromatic rings. The van der Waals surface area contributed by atoms with Crippen LogP contribution in [0.1, 0.15) is 0 Å². The molecule has 4 rings (SSSR count). The van der Waals surface area contributed by atoms with Crippen molar-refractivity contribution in [1.29, 1.82) is 0 Å². The van der Waals surface area contributed by atoms with Crippen LogP contribution < -0.4 is 15.0 Å². The lowest BCUT2D eigenvalue weighted by atomic mass is 10.1. The van der Waals surface area contributed by atoms with Gasteiger partial charge in [-0.3, -0.25) is 19.4 Å². The highest BCUT2D eigenvalue weighted by Crippen LogP contribution is 2.31. The number of hydrogen-bond acceptors (Lipinski definition) is 7. The number of carbonyl (C=O) groups is 3. The summed E-state index contributed by atoms with van der Waals surface area (Å²) in [6.07, 6.45) is 0. The summed E-state index contributed by atoms with van der Waals surface area (Å²) in [4.78, 5) is 38.7. The number of methoxy groups -OCH3 is 1. The maximum atomic E-state index is 13.1. The van der Waals surface area contributed by atoms with Crippen LogP contribution in [0.4, 0.5) is 15.8 Å². The first kappa shape index (κ1) is 18.5. The minimum absolute atomic E-state index is 0.244. The van der Waals surface area contributed by atoms with Crippen LogP contribution in [0.5, 0.6) is 5.75 Å². The van der Waals surface area contributed by atoms with E-state index in [9.17, 15) is 18.8 Å². The van der Waals surface area contributed by atoms with Gasteiger partial charge in [0, 0.05) is 5.69 Å². The smallest absolute Gasteiger partial charge is 0.263 e. The molecular formula is C19H16FN5O4. The van der Waals surface area contributed by atoms with Gasteiger partial charge in [-0.25, -0.2) is 9.29 Å². The maximum absolute atomic E-state index is 13.1. The molecule has 9 nitrogen and oxygen atoms in total. The van der Waals surface area contributed by atoms with E-state index in [1.54, 1.807) is 24.3 Å². The Morgan fingerprint density at radius 2 is 1.79 bits per heavy atom. The average molecular weight is 397 g/mol. The number of hydrogen-bond donors (Lipinski definition) is 1. The summed E-state index contributed by atoms with van der Waals surface area (Å²) in [6, 6.07) is 9.69. The zero-order chi connectivity index (χ0) is 20.5. The summed E-state index contributed by atoms with van der Waals surface area (Å²) in [6.45, 7) is -0.257. The Bertz CT molecular complexity index is 993. The van der Waals surface area contributed by atoms with Crippen molar-refractivity contribution in [3.05, 3.63) is 54.3 Å². The fourth-order valence-corrected chi connectivity index (χ4v) is 3.22. The maximum Gasteiger partial charge on any atom is 0.263 e. The molecule has 1 fully saturated rings.